The highest BCUT2D eigenvalue weighted by Gasteiger charge is 2.12. The first-order chi connectivity index (χ1) is 10.0. The molecule has 2 aromatic rings. The van der Waals surface area contributed by atoms with Crippen molar-refractivity contribution in [3.05, 3.63) is 61.7 Å². The summed E-state index contributed by atoms with van der Waals surface area (Å²) in [4.78, 5) is 23.5. The average molecular weight is 415 g/mol. The van der Waals surface area contributed by atoms with Crippen LogP contribution in [-0.4, -0.2) is 18.0 Å². The van der Waals surface area contributed by atoms with E-state index in [0.29, 0.717) is 5.56 Å². The third-order valence-electron chi connectivity index (χ3n) is 2.63. The lowest BCUT2D eigenvalue weighted by Crippen LogP contribution is -2.03. The van der Waals surface area contributed by atoms with Gasteiger partial charge in [0.2, 0.25) is 0 Å². The Morgan fingerprint density at radius 1 is 1.19 bits per heavy atom. The fraction of sp³-hybridized carbons (Fsp3) is 0.0714. The number of nitro benzene ring substituents is 1. The number of esters is 1. The molecule has 0 aliphatic heterocycles. The Hall–Kier alpha value is -1.61. The Bertz CT molecular complexity index is 688. The number of carbonyl (C=O) groups is 1. The third kappa shape index (κ3) is 3.94. The van der Waals surface area contributed by atoms with Gasteiger partial charge in [0.15, 0.2) is 0 Å². The fourth-order valence-electron chi connectivity index (χ4n) is 1.61. The van der Waals surface area contributed by atoms with E-state index in [9.17, 15) is 14.9 Å². The van der Waals surface area contributed by atoms with Gasteiger partial charge < -0.3 is 4.74 Å². The molecule has 0 saturated carbocycles. The first kappa shape index (κ1) is 15.8. The van der Waals surface area contributed by atoms with Crippen molar-refractivity contribution in [2.45, 2.75) is 9.79 Å². The van der Waals surface area contributed by atoms with Crippen LogP contribution in [0.1, 0.15) is 10.4 Å². The molecular weight excluding hydrogens is 405 g/mol. The predicted molar refractivity (Wildman–Crippen MR) is 87.7 cm³/mol. The molecule has 7 heteroatoms. The number of benzene rings is 2. The van der Waals surface area contributed by atoms with Gasteiger partial charge in [0.25, 0.3) is 5.69 Å². The quantitative estimate of drug-likeness (QED) is 0.325. The van der Waals surface area contributed by atoms with Crippen LogP contribution >= 0.6 is 34.4 Å². The van der Waals surface area contributed by atoms with Crippen LogP contribution in [0.4, 0.5) is 5.69 Å². The Balaban J connectivity index is 2.23. The fourth-order valence-corrected chi connectivity index (χ4v) is 3.02. The maximum Gasteiger partial charge on any atom is 0.338 e. The summed E-state index contributed by atoms with van der Waals surface area (Å²) in [6, 6.07) is 11.7. The zero-order valence-corrected chi connectivity index (χ0v) is 13.9. The Labute approximate surface area is 139 Å². The molecule has 0 aromatic heterocycles. The molecule has 0 amide bonds. The monoisotopic (exact) mass is 415 g/mol. The standard InChI is InChI=1S/C14H10INO4S/c1-20-14(17)12-8-11(6-7-13(12)15)21-10-4-2-9(3-5-10)16(18)19/h2-8H,1H3. The Morgan fingerprint density at radius 3 is 2.38 bits per heavy atom. The van der Waals surface area contributed by atoms with Crippen LogP contribution < -0.4 is 0 Å². The molecule has 0 heterocycles. The van der Waals surface area contributed by atoms with E-state index >= 15 is 0 Å². The molecule has 0 aliphatic rings. The molecule has 0 radical (unpaired) electrons. The van der Waals surface area contributed by atoms with Crippen LogP contribution in [0, 0.1) is 13.7 Å². The first-order valence-electron chi connectivity index (χ1n) is 5.81. The molecule has 0 spiro atoms. The molecule has 108 valence electrons. The molecule has 0 atom stereocenters. The van der Waals surface area contributed by atoms with Gasteiger partial charge in [-0.3, -0.25) is 10.1 Å². The van der Waals surface area contributed by atoms with Gasteiger partial charge in [0.1, 0.15) is 0 Å². The molecule has 5 nitrogen and oxygen atoms in total. The van der Waals surface area contributed by atoms with E-state index in [1.165, 1.54) is 31.0 Å². The van der Waals surface area contributed by atoms with E-state index in [4.69, 9.17) is 4.74 Å². The molecule has 0 fully saturated rings. The highest BCUT2D eigenvalue weighted by molar-refractivity contribution is 14.1. The third-order valence-corrected chi connectivity index (χ3v) is 4.56. The van der Waals surface area contributed by atoms with Crippen molar-refractivity contribution < 1.29 is 14.5 Å². The lowest BCUT2D eigenvalue weighted by molar-refractivity contribution is -0.384. The van der Waals surface area contributed by atoms with Crippen molar-refractivity contribution in [2.24, 2.45) is 0 Å². The maximum atomic E-state index is 11.6. The van der Waals surface area contributed by atoms with Crippen LogP contribution in [0.25, 0.3) is 0 Å². The van der Waals surface area contributed by atoms with Crippen molar-refractivity contribution in [1.29, 1.82) is 0 Å². The largest absolute Gasteiger partial charge is 0.465 e. The van der Waals surface area contributed by atoms with Crippen molar-refractivity contribution in [2.75, 3.05) is 7.11 Å². The van der Waals surface area contributed by atoms with Crippen molar-refractivity contribution in [1.82, 2.24) is 0 Å². The van der Waals surface area contributed by atoms with Gasteiger partial charge in [-0.15, -0.1) is 0 Å². The molecule has 0 saturated heterocycles. The number of ether oxygens (including phenoxy) is 1. The zero-order valence-electron chi connectivity index (χ0n) is 10.9. The number of carbonyl (C=O) groups excluding carboxylic acids is 1. The number of hydrogen-bond acceptors (Lipinski definition) is 5. The van der Waals surface area contributed by atoms with Crippen LogP contribution in [0.2, 0.25) is 0 Å². The molecular formula is C14H10INO4S. The van der Waals surface area contributed by atoms with E-state index in [1.807, 2.05) is 12.1 Å². The highest BCUT2D eigenvalue weighted by Crippen LogP contribution is 2.30. The molecule has 2 aromatic carbocycles. The Morgan fingerprint density at radius 2 is 1.81 bits per heavy atom. The summed E-state index contributed by atoms with van der Waals surface area (Å²) in [6.07, 6.45) is 0. The van der Waals surface area contributed by atoms with Gasteiger partial charge in [-0.25, -0.2) is 4.79 Å². The number of halogens is 1. The lowest BCUT2D eigenvalue weighted by Gasteiger charge is -2.06. The minimum Gasteiger partial charge on any atom is -0.465 e. The Kier molecular flexibility index (Phi) is 5.18. The van der Waals surface area contributed by atoms with Gasteiger partial charge >= 0.3 is 5.97 Å². The summed E-state index contributed by atoms with van der Waals surface area (Å²) in [5.74, 6) is -0.384. The number of nitro groups is 1. The topological polar surface area (TPSA) is 69.4 Å². The smallest absolute Gasteiger partial charge is 0.338 e. The number of methoxy groups -OCH3 is 1. The van der Waals surface area contributed by atoms with Crippen LogP contribution in [0.15, 0.2) is 52.3 Å². The van der Waals surface area contributed by atoms with Gasteiger partial charge in [0.05, 0.1) is 17.6 Å². The molecule has 21 heavy (non-hydrogen) atoms. The van der Waals surface area contributed by atoms with E-state index in [1.54, 1.807) is 18.2 Å². The minimum absolute atomic E-state index is 0.0530. The molecule has 0 bridgehead atoms. The van der Waals surface area contributed by atoms with Crippen molar-refractivity contribution in [3.8, 4) is 0 Å². The molecule has 0 aliphatic carbocycles. The number of non-ortho nitro benzene ring substituents is 1. The second-order valence-corrected chi connectivity index (χ2v) is 6.30. The van der Waals surface area contributed by atoms with E-state index in [-0.39, 0.29) is 11.7 Å². The van der Waals surface area contributed by atoms with E-state index in [2.05, 4.69) is 22.6 Å². The second-order valence-electron chi connectivity index (χ2n) is 3.99. The highest BCUT2D eigenvalue weighted by atomic mass is 127. The molecule has 0 unspecified atom stereocenters. The summed E-state index contributed by atoms with van der Waals surface area (Å²) in [6.45, 7) is 0. The number of hydrogen-bond donors (Lipinski definition) is 0. The zero-order chi connectivity index (χ0) is 15.4. The predicted octanol–water partition coefficient (Wildman–Crippen LogP) is 4.14. The summed E-state index contributed by atoms with van der Waals surface area (Å²) in [7, 11) is 1.34. The SMILES string of the molecule is COC(=O)c1cc(Sc2ccc([N+](=O)[O-])cc2)ccc1I. The maximum absolute atomic E-state index is 11.6. The summed E-state index contributed by atoms with van der Waals surface area (Å²) < 4.78 is 5.55. The van der Waals surface area contributed by atoms with Gasteiger partial charge in [-0.05, 0) is 52.9 Å². The van der Waals surface area contributed by atoms with Crippen molar-refractivity contribution >= 4 is 46.0 Å². The van der Waals surface area contributed by atoms with Crippen LogP contribution in [0.5, 0.6) is 0 Å². The molecule has 2 rings (SSSR count). The summed E-state index contributed by atoms with van der Waals surface area (Å²) in [5, 5.41) is 10.6. The number of rotatable bonds is 4. The van der Waals surface area contributed by atoms with E-state index in [0.717, 1.165) is 13.4 Å². The summed E-state index contributed by atoms with van der Waals surface area (Å²) >= 11 is 3.50. The summed E-state index contributed by atoms with van der Waals surface area (Å²) in [5.41, 5.74) is 0.558. The normalized spacial score (nSPS) is 10.2. The van der Waals surface area contributed by atoms with Gasteiger partial charge in [-0.1, -0.05) is 11.8 Å². The van der Waals surface area contributed by atoms with Gasteiger partial charge in [0, 0.05) is 25.5 Å². The second kappa shape index (κ2) is 6.90. The average Bonchev–Trinajstić information content (AvgIpc) is 2.49. The van der Waals surface area contributed by atoms with Crippen LogP contribution in [0.3, 0.4) is 0 Å². The van der Waals surface area contributed by atoms with Crippen LogP contribution in [-0.2, 0) is 4.74 Å². The van der Waals surface area contributed by atoms with E-state index < -0.39 is 4.92 Å². The van der Waals surface area contributed by atoms with Gasteiger partial charge in [-0.2, -0.15) is 0 Å². The molecule has 0 N–H and O–H groups in total. The van der Waals surface area contributed by atoms with Crippen molar-refractivity contribution in [3.63, 3.8) is 0 Å². The number of nitrogens with zero attached hydrogens (tertiary/aromatic N) is 1. The first-order valence-corrected chi connectivity index (χ1v) is 7.71. The minimum atomic E-state index is -0.436. The lowest BCUT2D eigenvalue weighted by atomic mass is 10.2.